The maximum Gasteiger partial charge on any atom is 0.159 e. The van der Waals surface area contributed by atoms with E-state index in [0.717, 1.165) is 33.9 Å². The Morgan fingerprint density at radius 3 is 1.94 bits per heavy atom. The van der Waals surface area contributed by atoms with Gasteiger partial charge in [-0.2, -0.15) is 0 Å². The summed E-state index contributed by atoms with van der Waals surface area (Å²) >= 11 is 0. The van der Waals surface area contributed by atoms with Crippen LogP contribution in [0.5, 0.6) is 0 Å². The molecule has 0 unspecified atom stereocenters. The molecule has 0 fully saturated rings. The van der Waals surface area contributed by atoms with Crippen LogP contribution >= 0.6 is 0 Å². The molecule has 0 saturated carbocycles. The maximum absolute atomic E-state index is 5.42. The van der Waals surface area contributed by atoms with Gasteiger partial charge in [0, 0.05) is 38.5 Å². The molecule has 50 heavy (non-hydrogen) atoms. The summed E-state index contributed by atoms with van der Waals surface area (Å²) in [5.74, 6) is 0.783. The summed E-state index contributed by atoms with van der Waals surface area (Å²) in [6, 6.07) is 59.1. The van der Waals surface area contributed by atoms with Crippen molar-refractivity contribution in [1.29, 1.82) is 0 Å². The van der Waals surface area contributed by atoms with E-state index in [2.05, 4.69) is 181 Å². The van der Waals surface area contributed by atoms with Crippen LogP contribution in [0.15, 0.2) is 164 Å². The lowest BCUT2D eigenvalue weighted by atomic mass is 9.99. The van der Waals surface area contributed by atoms with E-state index in [1.165, 1.54) is 59.8 Å². The number of fused-ring (bicyclic) bond motifs is 7. The number of para-hydroxylation sites is 1. The molecule has 1 aliphatic rings. The number of hydrogen-bond donors (Lipinski definition) is 0. The van der Waals surface area contributed by atoms with Crippen LogP contribution in [0, 0.1) is 0 Å². The fourth-order valence-electron chi connectivity index (χ4n) is 8.05. The zero-order valence-electron chi connectivity index (χ0n) is 27.9. The molecule has 1 aliphatic heterocycles. The summed E-state index contributed by atoms with van der Waals surface area (Å²) in [4.78, 5) is 10.8. The Labute approximate surface area is 292 Å². The van der Waals surface area contributed by atoms with Crippen molar-refractivity contribution in [2.24, 2.45) is 0 Å². The molecule has 0 aliphatic carbocycles. The van der Waals surface area contributed by atoms with Crippen molar-refractivity contribution < 1.29 is 0 Å². The molecule has 0 radical (unpaired) electrons. The van der Waals surface area contributed by atoms with E-state index in [1.54, 1.807) is 0 Å². The van der Waals surface area contributed by atoms with E-state index in [4.69, 9.17) is 9.97 Å². The maximum atomic E-state index is 5.42. The molecule has 236 valence electrons. The van der Waals surface area contributed by atoms with Gasteiger partial charge < -0.3 is 4.57 Å². The van der Waals surface area contributed by atoms with Gasteiger partial charge in [0.15, 0.2) is 5.82 Å². The first kappa shape index (κ1) is 28.9. The fraction of sp³-hybridized carbons (Fsp3) is 0.0435. The van der Waals surface area contributed by atoms with E-state index < -0.39 is 8.07 Å². The van der Waals surface area contributed by atoms with Gasteiger partial charge in [0.1, 0.15) is 8.07 Å². The number of hydrogen-bond acceptors (Lipinski definition) is 2. The molecule has 0 spiro atoms. The summed E-state index contributed by atoms with van der Waals surface area (Å²) < 4.78 is 2.39. The van der Waals surface area contributed by atoms with Crippen LogP contribution in [0.25, 0.3) is 83.2 Å². The van der Waals surface area contributed by atoms with Crippen LogP contribution in [0.3, 0.4) is 0 Å². The van der Waals surface area contributed by atoms with Gasteiger partial charge in [-0.25, -0.2) is 9.97 Å². The predicted octanol–water partition coefficient (Wildman–Crippen LogP) is 10.5. The van der Waals surface area contributed by atoms with Crippen LogP contribution in [0.2, 0.25) is 13.1 Å². The SMILES string of the molecule is C[Si]1(C)c2ccccc2-c2c(-c3ccccc3)nc(-c3cccc(-c4ccc5c(c4)c4cc6ccccc6cc4n5-c4ccccc4)c3)nc21. The van der Waals surface area contributed by atoms with Gasteiger partial charge in [0.05, 0.1) is 16.7 Å². The van der Waals surface area contributed by atoms with Crippen LogP contribution in [0.4, 0.5) is 0 Å². The highest BCUT2D eigenvalue weighted by Crippen LogP contribution is 2.39. The first-order valence-electron chi connectivity index (χ1n) is 17.3. The molecular formula is C46H33N3Si. The second-order valence-electron chi connectivity index (χ2n) is 13.9. The first-order valence-corrected chi connectivity index (χ1v) is 20.3. The number of rotatable bonds is 4. The van der Waals surface area contributed by atoms with E-state index in [0.29, 0.717) is 0 Å². The van der Waals surface area contributed by atoms with Crippen LogP contribution < -0.4 is 10.5 Å². The Kier molecular flexibility index (Phi) is 6.33. The molecule has 0 amide bonds. The van der Waals surface area contributed by atoms with Crippen LogP contribution in [-0.2, 0) is 0 Å². The third-order valence-corrected chi connectivity index (χ3v) is 13.8. The van der Waals surface area contributed by atoms with Crippen molar-refractivity contribution >= 4 is 51.2 Å². The van der Waals surface area contributed by atoms with Gasteiger partial charge in [-0.15, -0.1) is 0 Å². The Morgan fingerprint density at radius 2 is 1.12 bits per heavy atom. The lowest BCUT2D eigenvalue weighted by Crippen LogP contribution is -2.50. The van der Waals surface area contributed by atoms with Gasteiger partial charge in [-0.3, -0.25) is 0 Å². The summed E-state index contributed by atoms with van der Waals surface area (Å²) in [6.45, 7) is 4.84. The summed E-state index contributed by atoms with van der Waals surface area (Å²) in [6.07, 6.45) is 0. The minimum atomic E-state index is -2.04. The van der Waals surface area contributed by atoms with E-state index in [9.17, 15) is 0 Å². The average Bonchev–Trinajstić information content (AvgIpc) is 3.61. The molecule has 10 rings (SSSR count). The summed E-state index contributed by atoms with van der Waals surface area (Å²) in [5.41, 5.74) is 11.6. The highest BCUT2D eigenvalue weighted by atomic mass is 28.3. The van der Waals surface area contributed by atoms with E-state index in [-0.39, 0.29) is 0 Å². The van der Waals surface area contributed by atoms with Gasteiger partial charge in [-0.1, -0.05) is 134 Å². The van der Waals surface area contributed by atoms with Crippen molar-refractivity contribution in [2.75, 3.05) is 0 Å². The highest BCUT2D eigenvalue weighted by Gasteiger charge is 2.41. The lowest BCUT2D eigenvalue weighted by molar-refractivity contribution is 1.18. The Bertz CT molecular complexity index is 2780. The van der Waals surface area contributed by atoms with E-state index >= 15 is 0 Å². The molecule has 3 heterocycles. The largest absolute Gasteiger partial charge is 0.309 e. The zero-order chi connectivity index (χ0) is 33.4. The number of nitrogens with zero attached hydrogens (tertiary/aromatic N) is 3. The van der Waals surface area contributed by atoms with Crippen molar-refractivity contribution in [3.63, 3.8) is 0 Å². The second kappa shape index (κ2) is 11.0. The monoisotopic (exact) mass is 655 g/mol. The van der Waals surface area contributed by atoms with E-state index in [1.807, 2.05) is 0 Å². The molecule has 0 saturated heterocycles. The minimum absolute atomic E-state index is 0.783. The van der Waals surface area contributed by atoms with Crippen molar-refractivity contribution in [2.45, 2.75) is 13.1 Å². The van der Waals surface area contributed by atoms with Gasteiger partial charge >= 0.3 is 0 Å². The minimum Gasteiger partial charge on any atom is -0.309 e. The Balaban J connectivity index is 1.16. The number of aromatic nitrogens is 3. The second-order valence-corrected chi connectivity index (χ2v) is 18.1. The average molecular weight is 656 g/mol. The third kappa shape index (κ3) is 4.35. The normalized spacial score (nSPS) is 13.2. The zero-order valence-corrected chi connectivity index (χ0v) is 28.9. The smallest absolute Gasteiger partial charge is 0.159 e. The topological polar surface area (TPSA) is 30.7 Å². The predicted molar refractivity (Wildman–Crippen MR) is 212 cm³/mol. The van der Waals surface area contributed by atoms with Crippen LogP contribution in [-0.4, -0.2) is 22.6 Å². The summed E-state index contributed by atoms with van der Waals surface area (Å²) in [7, 11) is -2.04. The fourth-order valence-corrected chi connectivity index (χ4v) is 11.0. The number of benzene rings is 7. The standard InChI is InChI=1S/C46H33N3Si/c1-50(2)42-23-12-11-22-37(42)43-44(30-14-5-3-6-15-30)47-45(48-46(43)50)35-19-13-18-31(26-35)34-24-25-40-38(28-34)39-27-32-16-9-10-17-33(32)29-41(39)49(40)36-20-7-4-8-21-36/h3-29H,1-2H3. The first-order chi connectivity index (χ1) is 24.5. The molecule has 0 atom stereocenters. The molecule has 0 N–H and O–H groups in total. The van der Waals surface area contributed by atoms with Gasteiger partial charge in [-0.05, 0) is 75.1 Å². The van der Waals surface area contributed by atoms with Crippen LogP contribution in [0.1, 0.15) is 0 Å². The third-order valence-electron chi connectivity index (χ3n) is 10.5. The van der Waals surface area contributed by atoms with Crippen molar-refractivity contribution in [3.8, 4) is 50.6 Å². The van der Waals surface area contributed by atoms with Gasteiger partial charge in [0.25, 0.3) is 0 Å². The summed E-state index contributed by atoms with van der Waals surface area (Å²) in [5, 5.41) is 7.63. The Hall–Kier alpha value is -6.10. The molecule has 7 aromatic carbocycles. The molecule has 9 aromatic rings. The Morgan fingerprint density at radius 1 is 0.480 bits per heavy atom. The van der Waals surface area contributed by atoms with Crippen molar-refractivity contribution in [1.82, 2.24) is 14.5 Å². The van der Waals surface area contributed by atoms with Gasteiger partial charge in [0.2, 0.25) is 0 Å². The van der Waals surface area contributed by atoms with Crippen molar-refractivity contribution in [3.05, 3.63) is 164 Å². The molecule has 2 aromatic heterocycles. The molecular weight excluding hydrogens is 623 g/mol. The lowest BCUT2D eigenvalue weighted by Gasteiger charge is -2.19. The quantitative estimate of drug-likeness (QED) is 0.177. The molecule has 4 heteroatoms. The molecule has 0 bridgehead atoms. The highest BCUT2D eigenvalue weighted by molar-refractivity contribution is 7.03. The molecule has 3 nitrogen and oxygen atoms in total.